The number of benzene rings is 1. The summed E-state index contributed by atoms with van der Waals surface area (Å²) in [6.45, 7) is 0. The van der Waals surface area contributed by atoms with Gasteiger partial charge in [0.1, 0.15) is 5.82 Å². The van der Waals surface area contributed by atoms with Crippen LogP contribution in [0.5, 0.6) is 0 Å². The summed E-state index contributed by atoms with van der Waals surface area (Å²) < 4.78 is 21.5. The highest BCUT2D eigenvalue weighted by atomic mass is 35.5. The molecule has 0 spiro atoms. The molecule has 2 heterocycles. The maximum atomic E-state index is 13.9. The summed E-state index contributed by atoms with van der Waals surface area (Å²) in [5.41, 5.74) is 0.102. The number of rotatable bonds is 6. The van der Waals surface area contributed by atoms with Gasteiger partial charge in [-0.05, 0) is 43.2 Å². The topological polar surface area (TPSA) is 73.0 Å². The Morgan fingerprint density at radius 3 is 2.83 bits per heavy atom. The molecule has 0 aliphatic heterocycles. The minimum atomic E-state index is -0.568. The number of hydrogen-bond acceptors (Lipinski definition) is 5. The molecule has 9 heteroatoms. The van der Waals surface area contributed by atoms with Gasteiger partial charge in [0.15, 0.2) is 10.9 Å². The molecule has 1 amide bonds. The Bertz CT molecular complexity index is 987. The SMILES string of the molecule is O=C(CSc1nnc(-c2ccco2)n1C1CCCCC1)Nc1ccc(Cl)cc1F. The summed E-state index contributed by atoms with van der Waals surface area (Å²) in [7, 11) is 0. The first-order valence-electron chi connectivity index (χ1n) is 9.48. The van der Waals surface area contributed by atoms with Crippen LogP contribution in [0.2, 0.25) is 5.02 Å². The number of nitrogens with zero attached hydrogens (tertiary/aromatic N) is 3. The van der Waals surface area contributed by atoms with Crippen molar-refractivity contribution in [3.05, 3.63) is 47.4 Å². The highest BCUT2D eigenvalue weighted by Crippen LogP contribution is 2.35. The van der Waals surface area contributed by atoms with Crippen LogP contribution in [0.4, 0.5) is 10.1 Å². The van der Waals surface area contributed by atoms with Gasteiger partial charge in [0.2, 0.25) is 11.7 Å². The predicted molar refractivity (Wildman–Crippen MR) is 111 cm³/mol. The first-order valence-corrected chi connectivity index (χ1v) is 10.8. The minimum absolute atomic E-state index is 0.0884. The van der Waals surface area contributed by atoms with E-state index in [-0.39, 0.29) is 28.4 Å². The molecule has 1 aliphatic carbocycles. The number of furan rings is 1. The molecule has 1 saturated carbocycles. The third-order valence-electron chi connectivity index (χ3n) is 4.88. The van der Waals surface area contributed by atoms with Crippen molar-refractivity contribution in [2.75, 3.05) is 11.1 Å². The average molecular weight is 435 g/mol. The predicted octanol–water partition coefficient (Wildman–Crippen LogP) is 5.57. The molecule has 6 nitrogen and oxygen atoms in total. The zero-order chi connectivity index (χ0) is 20.2. The molecule has 0 unspecified atom stereocenters. The van der Waals surface area contributed by atoms with E-state index < -0.39 is 5.82 Å². The first-order chi connectivity index (χ1) is 14.1. The second-order valence-corrected chi connectivity index (χ2v) is 8.29. The van der Waals surface area contributed by atoms with Gasteiger partial charge in [-0.1, -0.05) is 42.6 Å². The van der Waals surface area contributed by atoms with Crippen LogP contribution in [-0.4, -0.2) is 26.4 Å². The van der Waals surface area contributed by atoms with E-state index in [1.807, 2.05) is 12.1 Å². The Morgan fingerprint density at radius 1 is 1.28 bits per heavy atom. The van der Waals surface area contributed by atoms with Crippen molar-refractivity contribution in [3.8, 4) is 11.6 Å². The molecule has 2 aromatic heterocycles. The van der Waals surface area contributed by atoms with E-state index in [9.17, 15) is 9.18 Å². The standard InChI is InChI=1S/C20H20ClFN4O2S/c21-13-8-9-16(15(22)11-13)23-18(27)12-29-20-25-24-19(17-7-4-10-28-17)26(20)14-5-2-1-3-6-14/h4,7-11,14H,1-3,5-6,12H2,(H,23,27). The third-order valence-corrected chi connectivity index (χ3v) is 6.06. The molecule has 1 fully saturated rings. The zero-order valence-corrected chi connectivity index (χ0v) is 17.2. The van der Waals surface area contributed by atoms with Crippen LogP contribution >= 0.6 is 23.4 Å². The maximum absolute atomic E-state index is 13.9. The number of halogens is 2. The van der Waals surface area contributed by atoms with Gasteiger partial charge in [0.25, 0.3) is 0 Å². The van der Waals surface area contributed by atoms with Crippen LogP contribution in [0.15, 0.2) is 46.2 Å². The summed E-state index contributed by atoms with van der Waals surface area (Å²) in [5.74, 6) is 0.525. The van der Waals surface area contributed by atoms with E-state index in [4.69, 9.17) is 16.0 Å². The molecule has 0 bridgehead atoms. The number of thioether (sulfide) groups is 1. The Kier molecular flexibility index (Phi) is 6.20. The lowest BCUT2D eigenvalue weighted by Crippen LogP contribution is -2.17. The van der Waals surface area contributed by atoms with Crippen molar-refractivity contribution in [2.45, 2.75) is 43.3 Å². The number of hydrogen-bond donors (Lipinski definition) is 1. The van der Waals surface area contributed by atoms with E-state index in [1.165, 1.54) is 36.4 Å². The summed E-state index contributed by atoms with van der Waals surface area (Å²) in [6, 6.07) is 8.09. The number of aromatic nitrogens is 3. The Hall–Kier alpha value is -2.32. The van der Waals surface area contributed by atoms with Crippen molar-refractivity contribution in [3.63, 3.8) is 0 Å². The van der Waals surface area contributed by atoms with Crippen LogP contribution < -0.4 is 5.32 Å². The summed E-state index contributed by atoms with van der Waals surface area (Å²) >= 11 is 7.03. The molecule has 1 aromatic carbocycles. The number of nitrogens with one attached hydrogen (secondary N) is 1. The van der Waals surface area contributed by atoms with Crippen molar-refractivity contribution in [2.24, 2.45) is 0 Å². The molecular formula is C20H20ClFN4O2S. The van der Waals surface area contributed by atoms with E-state index in [0.717, 1.165) is 25.7 Å². The van der Waals surface area contributed by atoms with Crippen molar-refractivity contribution in [1.29, 1.82) is 0 Å². The lowest BCUT2D eigenvalue weighted by Gasteiger charge is -2.25. The second kappa shape index (κ2) is 9.00. The molecule has 1 N–H and O–H groups in total. The molecule has 0 radical (unpaired) electrons. The molecule has 4 rings (SSSR count). The number of amides is 1. The Balaban J connectivity index is 1.50. The number of anilines is 1. The van der Waals surface area contributed by atoms with Gasteiger partial charge < -0.3 is 9.73 Å². The summed E-state index contributed by atoms with van der Waals surface area (Å²) in [6.07, 6.45) is 7.23. The number of carbonyl (C=O) groups excluding carboxylic acids is 1. The quantitative estimate of drug-likeness (QED) is 0.513. The lowest BCUT2D eigenvalue weighted by molar-refractivity contribution is -0.113. The molecule has 0 atom stereocenters. The lowest BCUT2D eigenvalue weighted by atomic mass is 9.95. The van der Waals surface area contributed by atoms with Gasteiger partial charge in [0.05, 0.1) is 17.7 Å². The second-order valence-electron chi connectivity index (χ2n) is 6.91. The highest BCUT2D eigenvalue weighted by molar-refractivity contribution is 7.99. The van der Waals surface area contributed by atoms with E-state index >= 15 is 0 Å². The largest absolute Gasteiger partial charge is 0.461 e. The molecule has 0 saturated heterocycles. The fourth-order valence-corrected chi connectivity index (χ4v) is 4.49. The number of carbonyl (C=O) groups is 1. The van der Waals surface area contributed by atoms with E-state index in [2.05, 4.69) is 20.1 Å². The van der Waals surface area contributed by atoms with Gasteiger partial charge in [-0.3, -0.25) is 9.36 Å². The maximum Gasteiger partial charge on any atom is 0.234 e. The molecular weight excluding hydrogens is 415 g/mol. The smallest absolute Gasteiger partial charge is 0.234 e. The van der Waals surface area contributed by atoms with Gasteiger partial charge in [-0.15, -0.1) is 10.2 Å². The summed E-state index contributed by atoms with van der Waals surface area (Å²) in [5, 5.41) is 12.1. The zero-order valence-electron chi connectivity index (χ0n) is 15.6. The molecule has 29 heavy (non-hydrogen) atoms. The van der Waals surface area contributed by atoms with Gasteiger partial charge in [-0.2, -0.15) is 0 Å². The van der Waals surface area contributed by atoms with Gasteiger partial charge in [0, 0.05) is 11.1 Å². The third kappa shape index (κ3) is 4.64. The van der Waals surface area contributed by atoms with Crippen LogP contribution in [0.25, 0.3) is 11.6 Å². The van der Waals surface area contributed by atoms with E-state index in [1.54, 1.807) is 6.26 Å². The monoisotopic (exact) mass is 434 g/mol. The van der Waals surface area contributed by atoms with Crippen LogP contribution in [0.3, 0.4) is 0 Å². The van der Waals surface area contributed by atoms with Crippen LogP contribution in [0, 0.1) is 5.82 Å². The molecule has 1 aliphatic rings. The first kappa shape index (κ1) is 20.0. The molecule has 3 aromatic rings. The normalized spacial score (nSPS) is 14.8. The van der Waals surface area contributed by atoms with Crippen LogP contribution in [-0.2, 0) is 4.79 Å². The Labute approximate surface area is 176 Å². The van der Waals surface area contributed by atoms with Gasteiger partial charge in [-0.25, -0.2) is 4.39 Å². The summed E-state index contributed by atoms with van der Waals surface area (Å²) in [4.78, 5) is 12.3. The molecule has 152 valence electrons. The fraction of sp³-hybridized carbons (Fsp3) is 0.350. The van der Waals surface area contributed by atoms with Crippen molar-refractivity contribution >= 4 is 35.0 Å². The fourth-order valence-electron chi connectivity index (χ4n) is 3.52. The van der Waals surface area contributed by atoms with Gasteiger partial charge >= 0.3 is 0 Å². The van der Waals surface area contributed by atoms with E-state index in [0.29, 0.717) is 16.7 Å². The Morgan fingerprint density at radius 2 is 2.10 bits per heavy atom. The van der Waals surface area contributed by atoms with Crippen LogP contribution in [0.1, 0.15) is 38.1 Å². The minimum Gasteiger partial charge on any atom is -0.461 e. The van der Waals surface area contributed by atoms with Crippen molar-refractivity contribution < 1.29 is 13.6 Å². The van der Waals surface area contributed by atoms with Crippen molar-refractivity contribution in [1.82, 2.24) is 14.8 Å². The highest BCUT2D eigenvalue weighted by Gasteiger charge is 2.25. The average Bonchev–Trinajstić information content (AvgIpc) is 3.38.